The lowest BCUT2D eigenvalue weighted by Gasteiger charge is -2.39. The van der Waals surface area contributed by atoms with Gasteiger partial charge in [0.2, 0.25) is 0 Å². The Hall–Kier alpha value is -1.99. The number of nitrogens with one attached hydrogen (secondary N) is 2. The van der Waals surface area contributed by atoms with Crippen LogP contribution in [-0.2, 0) is 0 Å². The number of pyridine rings is 1. The number of nitrogens with zero attached hydrogens (tertiary/aromatic N) is 1. The van der Waals surface area contributed by atoms with Crippen LogP contribution in [0, 0.1) is 11.7 Å². The van der Waals surface area contributed by atoms with Crippen LogP contribution in [0.5, 0.6) is 5.75 Å². The minimum Gasteiger partial charge on any atom is -0.496 e. The lowest BCUT2D eigenvalue weighted by Crippen LogP contribution is -2.60. The third-order valence-corrected chi connectivity index (χ3v) is 5.46. The maximum atomic E-state index is 13.6. The van der Waals surface area contributed by atoms with Gasteiger partial charge in [0.1, 0.15) is 17.4 Å². The number of hydrogen-bond donors (Lipinski definition) is 2. The van der Waals surface area contributed by atoms with E-state index in [1.165, 1.54) is 25.3 Å². The van der Waals surface area contributed by atoms with Crippen LogP contribution in [0.2, 0.25) is 0 Å². The third kappa shape index (κ3) is 4.47. The van der Waals surface area contributed by atoms with Gasteiger partial charge in [-0.2, -0.15) is 0 Å². The molecule has 0 aliphatic carbocycles. The van der Waals surface area contributed by atoms with E-state index in [-0.39, 0.29) is 11.5 Å². The smallest absolute Gasteiger partial charge is 0.188 e. The van der Waals surface area contributed by atoms with E-state index in [0.717, 1.165) is 17.4 Å². The number of methoxy groups -OCH3 is 1. The maximum absolute atomic E-state index is 13.6. The molecule has 27 heavy (non-hydrogen) atoms. The average molecular weight is 436 g/mol. The second-order valence-electron chi connectivity index (χ2n) is 7.00. The number of anilines is 1. The van der Waals surface area contributed by atoms with Crippen LogP contribution in [0.1, 0.15) is 30.1 Å². The minimum absolute atomic E-state index is 0.101. The quantitative estimate of drug-likeness (QED) is 0.670. The Morgan fingerprint density at radius 3 is 2.89 bits per heavy atom. The predicted molar refractivity (Wildman–Crippen MR) is 107 cm³/mol. The average Bonchev–Trinajstić information content (AvgIpc) is 2.68. The number of Topliss-reactive ketones (excluding diaryl/α,β-unsaturated/α-hetero) is 1. The molecule has 2 aromatic rings. The monoisotopic (exact) mass is 435 g/mol. The molecule has 1 saturated heterocycles. The van der Waals surface area contributed by atoms with Gasteiger partial charge in [0.15, 0.2) is 5.78 Å². The number of piperidine rings is 1. The van der Waals surface area contributed by atoms with E-state index in [9.17, 15) is 9.18 Å². The number of carbonyl (C=O) groups is 1. The largest absolute Gasteiger partial charge is 0.496 e. The lowest BCUT2D eigenvalue weighted by atomic mass is 9.79. The molecule has 0 unspecified atom stereocenters. The van der Waals surface area contributed by atoms with Crippen LogP contribution >= 0.6 is 15.9 Å². The summed E-state index contributed by atoms with van der Waals surface area (Å²) in [7, 11) is 1.44. The van der Waals surface area contributed by atoms with Gasteiger partial charge in [0.25, 0.3) is 0 Å². The van der Waals surface area contributed by atoms with Gasteiger partial charge in [-0.3, -0.25) is 4.79 Å². The standard InChI is InChI=1S/C20H23BrFN3O2/c1-13-7-8-20(25-10-13,12-24-18-6-3-14(21)11-23-18)19(26)16-5-4-15(22)9-17(16)27-2/h3-6,9,11,13,25H,7-8,10,12H2,1-2H3,(H,23,24)/t13-,20-/m0/s1. The fourth-order valence-corrected chi connectivity index (χ4v) is 3.54. The molecule has 1 aromatic carbocycles. The SMILES string of the molecule is COc1cc(F)ccc1C(=O)[C@@]1(CNc2ccc(Br)cn2)CC[C@H](C)CN1. The van der Waals surface area contributed by atoms with Crippen molar-refractivity contribution < 1.29 is 13.9 Å². The predicted octanol–water partition coefficient (Wildman–Crippen LogP) is 4.04. The Morgan fingerprint density at radius 2 is 2.26 bits per heavy atom. The van der Waals surface area contributed by atoms with Crippen LogP contribution in [0.4, 0.5) is 10.2 Å². The minimum atomic E-state index is -0.799. The summed E-state index contributed by atoms with van der Waals surface area (Å²) in [6.45, 7) is 3.28. The normalized spacial score (nSPS) is 22.3. The molecule has 1 aromatic heterocycles. The van der Waals surface area contributed by atoms with E-state index in [1.54, 1.807) is 6.20 Å². The Labute approximate surface area is 166 Å². The Balaban J connectivity index is 1.88. The molecule has 2 N–H and O–H groups in total. The van der Waals surface area contributed by atoms with Gasteiger partial charge < -0.3 is 15.4 Å². The zero-order valence-corrected chi connectivity index (χ0v) is 17.0. The molecule has 5 nitrogen and oxygen atoms in total. The first-order valence-electron chi connectivity index (χ1n) is 8.92. The molecule has 1 aliphatic rings. The number of hydrogen-bond acceptors (Lipinski definition) is 5. The van der Waals surface area contributed by atoms with Gasteiger partial charge in [-0.05, 0) is 65.5 Å². The number of halogens is 2. The summed E-state index contributed by atoms with van der Waals surface area (Å²) in [5.74, 6) is 0.904. The van der Waals surface area contributed by atoms with Gasteiger partial charge in [-0.1, -0.05) is 6.92 Å². The van der Waals surface area contributed by atoms with E-state index < -0.39 is 11.4 Å². The highest BCUT2D eigenvalue weighted by Gasteiger charge is 2.42. The van der Waals surface area contributed by atoms with E-state index >= 15 is 0 Å². The molecule has 2 heterocycles. The fraction of sp³-hybridized carbons (Fsp3) is 0.400. The third-order valence-electron chi connectivity index (χ3n) is 4.99. The highest BCUT2D eigenvalue weighted by molar-refractivity contribution is 9.10. The number of carbonyl (C=O) groups excluding carboxylic acids is 1. The molecular formula is C20H23BrFN3O2. The van der Waals surface area contributed by atoms with Gasteiger partial charge >= 0.3 is 0 Å². The molecule has 0 amide bonds. The molecule has 144 valence electrons. The van der Waals surface area contributed by atoms with Crippen molar-refractivity contribution in [2.45, 2.75) is 25.3 Å². The second-order valence-corrected chi connectivity index (χ2v) is 7.91. The first-order valence-corrected chi connectivity index (χ1v) is 9.71. The Morgan fingerprint density at radius 1 is 1.44 bits per heavy atom. The van der Waals surface area contributed by atoms with Crippen molar-refractivity contribution in [3.8, 4) is 5.75 Å². The van der Waals surface area contributed by atoms with Crippen molar-refractivity contribution in [1.29, 1.82) is 0 Å². The van der Waals surface area contributed by atoms with E-state index in [1.807, 2.05) is 12.1 Å². The highest BCUT2D eigenvalue weighted by atomic mass is 79.9. The second kappa shape index (κ2) is 8.35. The molecule has 0 spiro atoms. The van der Waals surface area contributed by atoms with Crippen LogP contribution < -0.4 is 15.4 Å². The summed E-state index contributed by atoms with van der Waals surface area (Å²) in [6, 6.07) is 7.78. The summed E-state index contributed by atoms with van der Waals surface area (Å²) >= 11 is 3.36. The molecule has 1 fully saturated rings. The summed E-state index contributed by atoms with van der Waals surface area (Å²) in [6.07, 6.45) is 3.31. The molecular weight excluding hydrogens is 413 g/mol. The maximum Gasteiger partial charge on any atom is 0.188 e. The van der Waals surface area contributed by atoms with Crippen LogP contribution in [0.3, 0.4) is 0 Å². The number of aromatic nitrogens is 1. The van der Waals surface area contributed by atoms with Crippen molar-refractivity contribution in [3.63, 3.8) is 0 Å². The van der Waals surface area contributed by atoms with E-state index in [2.05, 4.69) is 38.5 Å². The molecule has 3 rings (SSSR count). The first kappa shape index (κ1) is 19.8. The Bertz CT molecular complexity index is 805. The molecule has 1 aliphatic heterocycles. The summed E-state index contributed by atoms with van der Waals surface area (Å²) in [5, 5.41) is 6.70. The van der Waals surface area contributed by atoms with Crippen LogP contribution in [-0.4, -0.2) is 36.5 Å². The molecule has 0 radical (unpaired) electrons. The number of benzene rings is 1. The summed E-state index contributed by atoms with van der Waals surface area (Å²) in [5.41, 5.74) is -0.418. The van der Waals surface area contributed by atoms with E-state index in [0.29, 0.717) is 30.3 Å². The fourth-order valence-electron chi connectivity index (χ4n) is 3.31. The van der Waals surface area contributed by atoms with Gasteiger partial charge in [-0.25, -0.2) is 9.37 Å². The number of ether oxygens (including phenoxy) is 1. The first-order chi connectivity index (χ1) is 12.9. The highest BCUT2D eigenvalue weighted by Crippen LogP contribution is 2.31. The molecule has 2 atom stereocenters. The van der Waals surface area contributed by atoms with Gasteiger partial charge in [-0.15, -0.1) is 0 Å². The lowest BCUT2D eigenvalue weighted by molar-refractivity contribution is 0.0803. The van der Waals surface area contributed by atoms with Gasteiger partial charge in [0.05, 0.1) is 18.2 Å². The Kier molecular flexibility index (Phi) is 6.11. The van der Waals surface area contributed by atoms with E-state index in [4.69, 9.17) is 4.74 Å². The van der Waals surface area contributed by atoms with Crippen molar-refractivity contribution in [3.05, 3.63) is 52.4 Å². The molecule has 0 saturated carbocycles. The van der Waals surface area contributed by atoms with Crippen molar-refractivity contribution in [2.24, 2.45) is 5.92 Å². The topological polar surface area (TPSA) is 63.2 Å². The summed E-state index contributed by atoms with van der Waals surface area (Å²) < 4.78 is 19.7. The zero-order chi connectivity index (χ0) is 19.4. The zero-order valence-electron chi connectivity index (χ0n) is 15.4. The van der Waals surface area contributed by atoms with Crippen molar-refractivity contribution >= 4 is 27.5 Å². The molecule has 0 bridgehead atoms. The number of ketones is 1. The van der Waals surface area contributed by atoms with Crippen molar-refractivity contribution in [1.82, 2.24) is 10.3 Å². The summed E-state index contributed by atoms with van der Waals surface area (Å²) in [4.78, 5) is 17.8. The van der Waals surface area contributed by atoms with Crippen LogP contribution in [0.25, 0.3) is 0 Å². The van der Waals surface area contributed by atoms with Crippen LogP contribution in [0.15, 0.2) is 41.0 Å². The van der Waals surface area contributed by atoms with Crippen molar-refractivity contribution in [2.75, 3.05) is 25.5 Å². The van der Waals surface area contributed by atoms with Gasteiger partial charge in [0, 0.05) is 23.3 Å². The molecule has 7 heteroatoms. The number of rotatable bonds is 6.